The Morgan fingerprint density at radius 3 is 1.65 bits per heavy atom. The second kappa shape index (κ2) is 14.2. The number of hydrogen-bond acceptors (Lipinski definition) is 4. The lowest BCUT2D eigenvalue weighted by Crippen LogP contribution is -2.59. The molecule has 2 aliphatic heterocycles. The van der Waals surface area contributed by atoms with Crippen molar-refractivity contribution in [3.63, 3.8) is 0 Å². The zero-order chi connectivity index (χ0) is 45.2. The van der Waals surface area contributed by atoms with Crippen LogP contribution < -0.4 is 30.9 Å². The van der Waals surface area contributed by atoms with Gasteiger partial charge in [0.2, 0.25) is 0 Å². The van der Waals surface area contributed by atoms with Gasteiger partial charge in [-0.25, -0.2) is 0 Å². The highest BCUT2D eigenvalue weighted by Gasteiger charge is 2.44. The summed E-state index contributed by atoms with van der Waals surface area (Å²) in [6.07, 6.45) is 0. The topological polar surface area (TPSA) is 28.9 Å². The molecule has 0 N–H and O–H groups in total. The molecule has 2 aliphatic rings. The van der Waals surface area contributed by atoms with E-state index in [2.05, 4.69) is 208 Å². The number of anilines is 6. The van der Waals surface area contributed by atoms with Gasteiger partial charge >= 0.3 is 0 Å². The van der Waals surface area contributed by atoms with Gasteiger partial charge in [-0.2, -0.15) is 0 Å². The Morgan fingerprint density at radius 2 is 1.08 bits per heavy atom. The lowest BCUT2D eigenvalue weighted by atomic mass is 9.34. The molecule has 0 amide bonds. The van der Waals surface area contributed by atoms with Crippen LogP contribution in [0.4, 0.5) is 34.1 Å². The summed E-state index contributed by atoms with van der Waals surface area (Å²) in [5.41, 5.74) is 16.0. The van der Waals surface area contributed by atoms with Crippen molar-refractivity contribution in [3.8, 4) is 11.5 Å². The van der Waals surface area contributed by atoms with E-state index >= 15 is 0 Å². The fourth-order valence-electron chi connectivity index (χ4n) is 9.61. The first-order valence-electron chi connectivity index (χ1n) is 23.0. The number of hydrogen-bond donors (Lipinski definition) is 0. The van der Waals surface area contributed by atoms with Crippen LogP contribution in [-0.4, -0.2) is 6.71 Å². The third-order valence-corrected chi connectivity index (χ3v) is 13.3. The van der Waals surface area contributed by atoms with Gasteiger partial charge in [-0.3, -0.25) is 0 Å². The second-order valence-electron chi connectivity index (χ2n) is 21.9. The molecule has 0 saturated carbocycles. The maximum Gasteiger partial charge on any atom is 0.256 e. The van der Waals surface area contributed by atoms with E-state index < -0.39 is 0 Å². The zero-order valence-corrected chi connectivity index (χ0v) is 39.0. The van der Waals surface area contributed by atoms with Crippen LogP contribution in [-0.2, 0) is 21.7 Å². The summed E-state index contributed by atoms with van der Waals surface area (Å²) >= 11 is 0. The molecule has 0 unspecified atom stereocenters. The molecule has 5 heteroatoms. The van der Waals surface area contributed by atoms with Crippen molar-refractivity contribution < 1.29 is 10.5 Å². The third kappa shape index (κ3) is 6.83. The Labute approximate surface area is 376 Å². The van der Waals surface area contributed by atoms with Crippen molar-refractivity contribution in [2.24, 2.45) is 0 Å². The summed E-state index contributed by atoms with van der Waals surface area (Å²) in [5.74, 6) is 1.48. The summed E-state index contributed by atoms with van der Waals surface area (Å²) < 4.78 is 23.5. The lowest BCUT2D eigenvalue weighted by Gasteiger charge is -2.41. The summed E-state index contributed by atoms with van der Waals surface area (Å²) in [5, 5.41) is 1.93. The Hall–Kier alpha value is -6.20. The molecule has 4 nitrogen and oxygen atoms in total. The molecule has 0 saturated heterocycles. The molecule has 316 valence electrons. The van der Waals surface area contributed by atoms with Crippen LogP contribution in [0.1, 0.15) is 107 Å². The zero-order valence-electron chi connectivity index (χ0n) is 40.0. The van der Waals surface area contributed by atoms with Crippen LogP contribution in [0.2, 0.25) is 0 Å². The molecule has 0 fully saturated rings. The largest absolute Gasteiger partial charge is 0.458 e. The van der Waals surface area contributed by atoms with Gasteiger partial charge < -0.3 is 19.0 Å². The lowest BCUT2D eigenvalue weighted by molar-refractivity contribution is 0.493. The minimum atomic E-state index is -0.207. The normalized spacial score (nSPS) is 14.0. The van der Waals surface area contributed by atoms with Gasteiger partial charge in [-0.15, -0.1) is 0 Å². The average molecular weight is 828 g/mol. The first-order chi connectivity index (χ1) is 30.2. The van der Waals surface area contributed by atoms with Crippen molar-refractivity contribution >= 4 is 79.2 Å². The van der Waals surface area contributed by atoms with Gasteiger partial charge in [0.15, 0.2) is 5.58 Å². The standard InChI is InChI=1S/C58H59BN2O2/c1-55(2,3)36-20-27-40(28-21-36)60(41-29-22-37(23-30-41)56(4,5)6)48-35-45-53(51-43-16-13-14-18-49(43)62-54(48)51)63-50-19-15-17-47-52(50)59(45)44-34-39(58(10,11)12)26-33-46(44)61(47)42-31-24-38(25-32-42)57(7,8)9/h13-35H,1-12H3/i15D. The maximum atomic E-state index is 9.24. The van der Waals surface area contributed by atoms with Crippen molar-refractivity contribution in [1.82, 2.24) is 0 Å². The SMILES string of the molecule is [2H]c1cc2c3c(c1)N(c1ccc(C(C)(C)C)cc1)c1ccc(C(C)(C)C)cc1B3c1cc(N(c3ccc(C(C)(C)C)cc3)c3ccc(C(C)(C)C)cc3)c3oc4ccccc4c3c1O2. The van der Waals surface area contributed by atoms with Gasteiger partial charge in [-0.1, -0.05) is 156 Å². The van der Waals surface area contributed by atoms with Crippen molar-refractivity contribution in [3.05, 3.63) is 162 Å². The number of rotatable bonds is 4. The molecule has 8 aromatic rings. The number of para-hydroxylation sites is 1. The van der Waals surface area contributed by atoms with E-state index in [1.807, 2.05) is 18.2 Å². The molecule has 0 radical (unpaired) electrons. The summed E-state index contributed by atoms with van der Waals surface area (Å²) in [6.45, 7) is 27.0. The van der Waals surface area contributed by atoms with Gasteiger partial charge in [0.25, 0.3) is 6.71 Å². The Bertz CT molecular complexity index is 3060. The summed E-state index contributed by atoms with van der Waals surface area (Å²) in [4.78, 5) is 4.72. The van der Waals surface area contributed by atoms with Crippen LogP contribution in [0.15, 0.2) is 144 Å². The molecule has 1 aromatic heterocycles. The summed E-state index contributed by atoms with van der Waals surface area (Å²) in [6, 6.07) is 49.0. The van der Waals surface area contributed by atoms with E-state index in [4.69, 9.17) is 9.15 Å². The molecule has 3 heterocycles. The quantitative estimate of drug-likeness (QED) is 0.165. The van der Waals surface area contributed by atoms with Gasteiger partial charge in [-0.05, 0) is 127 Å². The first-order valence-corrected chi connectivity index (χ1v) is 22.5. The average Bonchev–Trinajstić information content (AvgIpc) is 3.63. The Balaban J connectivity index is 1.29. The highest BCUT2D eigenvalue weighted by atomic mass is 16.5. The van der Waals surface area contributed by atoms with Crippen molar-refractivity contribution in [2.45, 2.75) is 105 Å². The Kier molecular flexibility index (Phi) is 8.91. The first kappa shape index (κ1) is 39.6. The fraction of sp³-hybridized carbons (Fsp3) is 0.276. The van der Waals surface area contributed by atoms with Crippen molar-refractivity contribution in [2.75, 3.05) is 9.80 Å². The van der Waals surface area contributed by atoms with Crippen LogP contribution in [0.25, 0.3) is 21.9 Å². The van der Waals surface area contributed by atoms with Crippen LogP contribution >= 0.6 is 0 Å². The molecular weight excluding hydrogens is 767 g/mol. The number of fused-ring (bicyclic) bond motifs is 8. The second-order valence-corrected chi connectivity index (χ2v) is 21.9. The van der Waals surface area contributed by atoms with Crippen LogP contribution in [0.5, 0.6) is 11.5 Å². The van der Waals surface area contributed by atoms with Gasteiger partial charge in [0.1, 0.15) is 17.1 Å². The predicted octanol–water partition coefficient (Wildman–Crippen LogP) is 14.7. The van der Waals surface area contributed by atoms with Gasteiger partial charge in [0.05, 0.1) is 12.4 Å². The molecular formula is C58H59BN2O2. The van der Waals surface area contributed by atoms with Gasteiger partial charge in [0, 0.05) is 33.8 Å². The molecule has 0 aliphatic carbocycles. The smallest absolute Gasteiger partial charge is 0.256 e. The van der Waals surface area contributed by atoms with Crippen LogP contribution in [0, 0.1) is 0 Å². The molecule has 63 heavy (non-hydrogen) atoms. The molecule has 0 spiro atoms. The van der Waals surface area contributed by atoms with E-state index in [0.717, 1.165) is 72.7 Å². The highest BCUT2D eigenvalue weighted by molar-refractivity contribution is 6.99. The molecule has 7 aromatic carbocycles. The molecule has 0 bridgehead atoms. The van der Waals surface area contributed by atoms with Crippen molar-refractivity contribution in [1.29, 1.82) is 0 Å². The highest BCUT2D eigenvalue weighted by Crippen LogP contribution is 2.49. The number of furan rings is 1. The Morgan fingerprint density at radius 1 is 0.540 bits per heavy atom. The van der Waals surface area contributed by atoms with E-state index in [1.165, 1.54) is 27.7 Å². The van der Waals surface area contributed by atoms with E-state index in [0.29, 0.717) is 11.8 Å². The number of benzene rings is 7. The number of nitrogens with zero attached hydrogens (tertiary/aromatic N) is 2. The minimum Gasteiger partial charge on any atom is -0.458 e. The maximum absolute atomic E-state index is 9.24. The fourth-order valence-corrected chi connectivity index (χ4v) is 9.61. The third-order valence-electron chi connectivity index (χ3n) is 13.3. The van der Waals surface area contributed by atoms with Crippen LogP contribution in [0.3, 0.4) is 0 Å². The van der Waals surface area contributed by atoms with E-state index in [1.54, 1.807) is 0 Å². The van der Waals surface area contributed by atoms with E-state index in [-0.39, 0.29) is 28.4 Å². The predicted molar refractivity (Wildman–Crippen MR) is 269 cm³/mol. The molecule has 0 atom stereocenters. The summed E-state index contributed by atoms with van der Waals surface area (Å²) in [7, 11) is 0. The monoisotopic (exact) mass is 827 g/mol. The number of ether oxygens (including phenoxy) is 1. The molecule has 10 rings (SSSR count). The van der Waals surface area contributed by atoms with E-state index in [9.17, 15) is 1.37 Å². The minimum absolute atomic E-state index is 0.000313.